The number of rotatable bonds is 4. The molecule has 34 heavy (non-hydrogen) atoms. The van der Waals surface area contributed by atoms with Crippen molar-refractivity contribution in [2.24, 2.45) is 5.92 Å². The van der Waals surface area contributed by atoms with E-state index in [1.54, 1.807) is 45.0 Å². The van der Waals surface area contributed by atoms with Gasteiger partial charge in [-0.25, -0.2) is 14.3 Å². The molecule has 3 rings (SSSR count). The van der Waals surface area contributed by atoms with E-state index in [0.717, 1.165) is 25.0 Å². The number of alkyl halides is 3. The molecule has 1 fully saturated rings. The minimum absolute atomic E-state index is 0.0107. The van der Waals surface area contributed by atoms with Crippen molar-refractivity contribution < 1.29 is 27.5 Å². The number of halogens is 3. The molecule has 1 saturated heterocycles. The Balaban J connectivity index is 1.71. The first-order valence-corrected chi connectivity index (χ1v) is 11.0. The summed E-state index contributed by atoms with van der Waals surface area (Å²) in [6.45, 7) is 6.61. The van der Waals surface area contributed by atoms with Crippen molar-refractivity contribution in [3.05, 3.63) is 42.2 Å². The zero-order chi connectivity index (χ0) is 25.1. The molecule has 1 aliphatic rings. The minimum atomic E-state index is -4.55. The molecule has 1 atom stereocenters. The summed E-state index contributed by atoms with van der Waals surface area (Å²) in [7, 11) is 1.64. The number of anilines is 1. The number of likely N-dealkylation sites (tertiary alicyclic amines) is 1. The van der Waals surface area contributed by atoms with Crippen molar-refractivity contribution in [1.82, 2.24) is 19.6 Å². The lowest BCUT2D eigenvalue weighted by molar-refractivity contribution is -0.137. The fourth-order valence-electron chi connectivity index (χ4n) is 3.82. The Labute approximate surface area is 196 Å². The Morgan fingerprint density at radius 3 is 2.62 bits per heavy atom. The Bertz CT molecular complexity index is 1000. The Hall–Kier alpha value is -3.24. The molecule has 0 bridgehead atoms. The molecule has 0 aliphatic carbocycles. The number of amides is 3. The lowest BCUT2D eigenvalue weighted by Crippen LogP contribution is -2.46. The molecule has 3 amide bonds. The van der Waals surface area contributed by atoms with Crippen LogP contribution in [0.1, 0.15) is 39.2 Å². The molecule has 1 N–H and O–H groups in total. The molecule has 0 spiro atoms. The van der Waals surface area contributed by atoms with E-state index < -0.39 is 29.5 Å². The highest BCUT2D eigenvalue weighted by Gasteiger charge is 2.32. The number of carbonyl (C=O) groups excluding carboxylic acids is 2. The van der Waals surface area contributed by atoms with Crippen LogP contribution in [0.4, 0.5) is 28.4 Å². The maximum absolute atomic E-state index is 13.3. The number of hydrogen-bond acceptors (Lipinski definition) is 4. The lowest BCUT2D eigenvalue weighted by Gasteiger charge is -2.35. The van der Waals surface area contributed by atoms with Crippen LogP contribution in [-0.4, -0.2) is 64.0 Å². The monoisotopic (exact) mass is 481 g/mol. The smallest absolute Gasteiger partial charge is 0.416 e. The summed E-state index contributed by atoms with van der Waals surface area (Å²) in [4.78, 5) is 28.3. The number of piperidine rings is 1. The zero-order valence-corrected chi connectivity index (χ0v) is 19.7. The third-order valence-electron chi connectivity index (χ3n) is 5.36. The molecule has 2 aromatic rings. The summed E-state index contributed by atoms with van der Waals surface area (Å²) in [5.74, 6) is 0.0177. The normalized spacial score (nSPS) is 16.8. The van der Waals surface area contributed by atoms with Gasteiger partial charge in [-0.1, -0.05) is 0 Å². The molecule has 1 aromatic carbocycles. The van der Waals surface area contributed by atoms with Gasteiger partial charge in [-0.3, -0.25) is 0 Å². The number of carbonyl (C=O) groups is 2. The van der Waals surface area contributed by atoms with Gasteiger partial charge in [-0.2, -0.15) is 18.3 Å². The summed E-state index contributed by atoms with van der Waals surface area (Å²) >= 11 is 0. The molecular weight excluding hydrogens is 451 g/mol. The van der Waals surface area contributed by atoms with Crippen molar-refractivity contribution in [3.63, 3.8) is 0 Å². The summed E-state index contributed by atoms with van der Waals surface area (Å²) in [6.07, 6.45) is -0.373. The summed E-state index contributed by atoms with van der Waals surface area (Å²) in [5.41, 5.74) is -1.14. The van der Waals surface area contributed by atoms with Crippen LogP contribution in [-0.2, 0) is 10.9 Å². The van der Waals surface area contributed by atoms with Crippen LogP contribution < -0.4 is 5.32 Å². The number of nitrogens with zero attached hydrogens (tertiary/aromatic N) is 4. The van der Waals surface area contributed by atoms with Crippen LogP contribution in [0, 0.1) is 5.92 Å². The van der Waals surface area contributed by atoms with Gasteiger partial charge in [0.15, 0.2) is 0 Å². The van der Waals surface area contributed by atoms with E-state index in [1.165, 1.54) is 21.8 Å². The lowest BCUT2D eigenvalue weighted by atomic mass is 9.98. The molecular formula is C23H30F3N5O3. The number of nitrogens with one attached hydrogen (secondary N) is 1. The highest BCUT2D eigenvalue weighted by atomic mass is 19.4. The van der Waals surface area contributed by atoms with Crippen molar-refractivity contribution >= 4 is 17.8 Å². The summed E-state index contributed by atoms with van der Waals surface area (Å²) in [6, 6.07) is 4.28. The second-order valence-electron chi connectivity index (χ2n) is 9.43. The average molecular weight is 482 g/mol. The van der Waals surface area contributed by atoms with Crippen molar-refractivity contribution in [1.29, 1.82) is 0 Å². The van der Waals surface area contributed by atoms with Gasteiger partial charge in [0.2, 0.25) is 0 Å². The van der Waals surface area contributed by atoms with Crippen molar-refractivity contribution in [3.8, 4) is 5.69 Å². The fourth-order valence-corrected chi connectivity index (χ4v) is 3.82. The van der Waals surface area contributed by atoms with E-state index in [9.17, 15) is 22.8 Å². The SMILES string of the molecule is CN(CC1CCCN(C(=O)Nc2cc(C(F)(F)F)ccc2-n2cccn2)C1)C(=O)OC(C)(C)C. The molecule has 0 radical (unpaired) electrons. The fraction of sp³-hybridized carbons (Fsp3) is 0.522. The van der Waals surface area contributed by atoms with Gasteiger partial charge < -0.3 is 19.9 Å². The second kappa shape index (κ2) is 9.94. The number of benzene rings is 1. The van der Waals surface area contributed by atoms with Crippen LogP contribution in [0.15, 0.2) is 36.7 Å². The topological polar surface area (TPSA) is 79.7 Å². The predicted octanol–water partition coefficient (Wildman–Crippen LogP) is 5.00. The third-order valence-corrected chi connectivity index (χ3v) is 5.36. The highest BCUT2D eigenvalue weighted by Crippen LogP contribution is 2.33. The van der Waals surface area contributed by atoms with Crippen molar-refractivity contribution in [2.75, 3.05) is 32.0 Å². The van der Waals surface area contributed by atoms with Crippen LogP contribution in [0.5, 0.6) is 0 Å². The molecule has 11 heteroatoms. The first-order valence-electron chi connectivity index (χ1n) is 11.0. The molecule has 8 nitrogen and oxygen atoms in total. The van der Waals surface area contributed by atoms with E-state index in [0.29, 0.717) is 25.3 Å². The van der Waals surface area contributed by atoms with Gasteiger partial charge >= 0.3 is 18.3 Å². The largest absolute Gasteiger partial charge is 0.444 e. The van der Waals surface area contributed by atoms with E-state index in [2.05, 4.69) is 10.4 Å². The average Bonchev–Trinajstić information content (AvgIpc) is 3.26. The van der Waals surface area contributed by atoms with Gasteiger partial charge in [0.05, 0.1) is 16.9 Å². The second-order valence-corrected chi connectivity index (χ2v) is 9.43. The molecule has 1 aromatic heterocycles. The Morgan fingerprint density at radius 2 is 2.00 bits per heavy atom. The summed E-state index contributed by atoms with van der Waals surface area (Å²) in [5, 5.41) is 6.70. The quantitative estimate of drug-likeness (QED) is 0.667. The molecule has 0 saturated carbocycles. The Kier molecular flexibility index (Phi) is 7.42. The number of ether oxygens (including phenoxy) is 1. The number of urea groups is 1. The number of hydrogen-bond donors (Lipinski definition) is 1. The predicted molar refractivity (Wildman–Crippen MR) is 121 cm³/mol. The Morgan fingerprint density at radius 1 is 1.26 bits per heavy atom. The van der Waals surface area contributed by atoms with Crippen LogP contribution in [0.2, 0.25) is 0 Å². The maximum Gasteiger partial charge on any atom is 0.416 e. The molecule has 186 valence electrons. The minimum Gasteiger partial charge on any atom is -0.444 e. The van der Waals surface area contributed by atoms with Gasteiger partial charge in [0, 0.05) is 39.1 Å². The number of aromatic nitrogens is 2. The van der Waals surface area contributed by atoms with E-state index in [-0.39, 0.29) is 11.6 Å². The zero-order valence-electron chi connectivity index (χ0n) is 19.7. The molecule has 2 heterocycles. The van der Waals surface area contributed by atoms with Gasteiger partial charge in [-0.15, -0.1) is 0 Å². The highest BCUT2D eigenvalue weighted by molar-refractivity contribution is 5.91. The summed E-state index contributed by atoms with van der Waals surface area (Å²) < 4.78 is 46.6. The van der Waals surface area contributed by atoms with E-state index in [1.807, 2.05) is 0 Å². The van der Waals surface area contributed by atoms with Gasteiger partial charge in [0.25, 0.3) is 0 Å². The van der Waals surface area contributed by atoms with E-state index >= 15 is 0 Å². The van der Waals surface area contributed by atoms with Crippen LogP contribution in [0.25, 0.3) is 5.69 Å². The van der Waals surface area contributed by atoms with Crippen LogP contribution in [0.3, 0.4) is 0 Å². The first-order chi connectivity index (χ1) is 15.8. The van der Waals surface area contributed by atoms with Crippen LogP contribution >= 0.6 is 0 Å². The standard InChI is InChI=1S/C23H30F3N5O3/c1-22(2,3)34-21(33)29(4)14-16-7-5-11-30(15-16)20(32)28-18-13-17(23(24,25)26)8-9-19(18)31-12-6-10-27-31/h6,8-10,12-13,16H,5,7,11,14-15H2,1-4H3,(H,28,32). The van der Waals surface area contributed by atoms with Gasteiger partial charge in [-0.05, 0) is 63.8 Å². The van der Waals surface area contributed by atoms with Crippen molar-refractivity contribution in [2.45, 2.75) is 45.4 Å². The van der Waals surface area contributed by atoms with E-state index in [4.69, 9.17) is 4.74 Å². The van der Waals surface area contributed by atoms with Gasteiger partial charge in [0.1, 0.15) is 5.60 Å². The molecule has 1 unspecified atom stereocenters. The molecule has 1 aliphatic heterocycles. The first kappa shape index (κ1) is 25.4. The third kappa shape index (κ3) is 6.64. The maximum atomic E-state index is 13.3.